The summed E-state index contributed by atoms with van der Waals surface area (Å²) in [6.07, 6.45) is 28.1. The van der Waals surface area contributed by atoms with Crippen molar-refractivity contribution >= 4 is 29.1 Å². The summed E-state index contributed by atoms with van der Waals surface area (Å²) in [6, 6.07) is 17.9. The van der Waals surface area contributed by atoms with Crippen LogP contribution in [0.3, 0.4) is 0 Å². The highest BCUT2D eigenvalue weighted by Crippen LogP contribution is 2.24. The van der Waals surface area contributed by atoms with Crippen LogP contribution < -0.4 is 52.4 Å². The van der Waals surface area contributed by atoms with Crippen LogP contribution in [-0.2, 0) is 0 Å². The molecule has 5 aliphatic rings. The summed E-state index contributed by atoms with van der Waals surface area (Å²) in [6.45, 7) is 9.94. The zero-order valence-corrected chi connectivity index (χ0v) is 46.2. The molecule has 10 rings (SSSR count). The lowest BCUT2D eigenvalue weighted by molar-refractivity contribution is 0.110. The van der Waals surface area contributed by atoms with E-state index >= 15 is 0 Å². The summed E-state index contributed by atoms with van der Waals surface area (Å²) < 4.78 is 28.1. The van der Waals surface area contributed by atoms with Crippen LogP contribution in [0, 0.1) is 75.0 Å². The predicted octanol–water partition coefficient (Wildman–Crippen LogP) is 5.29. The second-order valence-corrected chi connectivity index (χ2v) is 20.1. The number of rotatable bonds is 17. The fourth-order valence-electron chi connectivity index (χ4n) is 9.36. The first kappa shape index (κ1) is 61.4. The van der Waals surface area contributed by atoms with Crippen LogP contribution in [0.25, 0.3) is 0 Å². The quantitative estimate of drug-likeness (QED) is 0.0583. The summed E-state index contributed by atoms with van der Waals surface area (Å²) in [5, 5.41) is 43.6. The van der Waals surface area contributed by atoms with Gasteiger partial charge in [0.1, 0.15) is 63.9 Å². The average Bonchev–Trinajstić information content (AvgIpc) is 4.29. The fraction of sp³-hybridized carbons (Fsp3) is 0.474. The second kappa shape index (κ2) is 33.6. The minimum absolute atomic E-state index is 0.173. The van der Waals surface area contributed by atoms with Gasteiger partial charge in [-0.2, -0.15) is 26.3 Å². The molecule has 82 heavy (non-hydrogen) atoms. The van der Waals surface area contributed by atoms with Gasteiger partial charge in [-0.1, -0.05) is 0 Å². The minimum atomic E-state index is 0.173. The topological polar surface area (TPSA) is 376 Å². The number of nitrogens with two attached hydrogens (primary N) is 5. The molecule has 0 bridgehead atoms. The Hall–Kier alpha value is -9.80. The van der Waals surface area contributed by atoms with Gasteiger partial charge in [0.25, 0.3) is 0 Å². The number of nitrogens with zero attached hydrogens (tertiary/aromatic N) is 15. The summed E-state index contributed by atoms with van der Waals surface area (Å²) in [7, 11) is 0. The number of anilines is 5. The number of hydrogen-bond donors (Lipinski definition) is 5. The van der Waals surface area contributed by atoms with Gasteiger partial charge in [-0.25, -0.2) is 24.9 Å². The van der Waals surface area contributed by atoms with Gasteiger partial charge in [-0.15, -0.1) is 0 Å². The molecule has 0 amide bonds. The van der Waals surface area contributed by atoms with Crippen molar-refractivity contribution in [3.8, 4) is 59.7 Å². The largest absolute Gasteiger partial charge is 0.493 e. The van der Waals surface area contributed by atoms with Crippen molar-refractivity contribution in [1.29, 1.82) is 26.3 Å². The van der Waals surface area contributed by atoms with Crippen LogP contribution in [0.4, 0.5) is 29.1 Å². The molecular weight excluding hydrogens is 1040 g/mol. The molecule has 0 saturated carbocycles. The molecule has 10 N–H and O–H groups in total. The Bertz CT molecular complexity index is 2920. The van der Waals surface area contributed by atoms with Crippen LogP contribution in [0.5, 0.6) is 28.7 Å². The maximum atomic E-state index is 8.93. The first-order valence-corrected chi connectivity index (χ1v) is 27.4. The van der Waals surface area contributed by atoms with Crippen LogP contribution in [0.1, 0.15) is 57.8 Å². The second-order valence-electron chi connectivity index (χ2n) is 20.1. The van der Waals surface area contributed by atoms with Gasteiger partial charge in [0.15, 0.2) is 31.0 Å². The zero-order valence-electron chi connectivity index (χ0n) is 46.2. The number of likely N-dealkylation sites (tertiary alicyclic amines) is 5. The Morgan fingerprint density at radius 3 is 1.32 bits per heavy atom. The number of hydrogen-bond acceptors (Lipinski definition) is 25. The van der Waals surface area contributed by atoms with E-state index in [1.165, 1.54) is 0 Å². The highest BCUT2D eigenvalue weighted by molar-refractivity contribution is 5.38. The smallest absolute Gasteiger partial charge is 0.179 e. The third-order valence-corrected chi connectivity index (χ3v) is 13.8. The molecule has 5 aliphatic heterocycles. The van der Waals surface area contributed by atoms with E-state index in [1.807, 2.05) is 4.90 Å². The molecule has 0 radical (unpaired) electrons. The van der Waals surface area contributed by atoms with Crippen molar-refractivity contribution in [3.05, 3.63) is 91.6 Å². The molecule has 3 atom stereocenters. The van der Waals surface area contributed by atoms with Crippen molar-refractivity contribution in [1.82, 2.24) is 49.4 Å². The van der Waals surface area contributed by atoms with E-state index in [4.69, 9.17) is 78.7 Å². The molecule has 5 fully saturated rings. The lowest BCUT2D eigenvalue weighted by atomic mass is 10.0. The lowest BCUT2D eigenvalue weighted by Gasteiger charge is -2.34. The van der Waals surface area contributed by atoms with Gasteiger partial charge in [-0.3, -0.25) is 0 Å². The van der Waals surface area contributed by atoms with Gasteiger partial charge in [0.05, 0.1) is 26.4 Å². The standard InChI is InChI=1S/C13H18N4O.C12H16N4O.2C11H14N4O.C10H12N4O/c14-10-17-7-1-3-11(17)4-2-8-18-12-5-6-16-13(15)9-12;13-9-16-5-2-10(8-16)3-6-17-11-1-4-15-12(14)7-11;12-8-15-5-2-9(3-6-15)16-10-1-4-14-11(13)7-10;12-8-15-4-2-9(6-15)7-16-10-1-3-14-11(13)5-10;11-7-14-4-8(5-14)6-15-9-1-2-13-10(12)3-9/h5-6,9,11H,1-4,7-8H2,(H2,15,16);1,4,7,10H,2-3,5-6,8H2,(H2,14,15);1,4,7,9H,2-3,5-6H2,(H2,13,14);1,3,5,9H,2,4,6-7H2,(H2,13,14);1-3,8H,4-6H2,(H2,12,13). The number of aromatic nitrogens is 5. The highest BCUT2D eigenvalue weighted by Gasteiger charge is 2.27. The molecule has 3 unspecified atom stereocenters. The van der Waals surface area contributed by atoms with Gasteiger partial charge in [0, 0.05) is 151 Å². The van der Waals surface area contributed by atoms with E-state index in [9.17, 15) is 0 Å². The minimum Gasteiger partial charge on any atom is -0.493 e. The maximum absolute atomic E-state index is 8.93. The number of pyridine rings is 5. The molecule has 25 heteroatoms. The van der Waals surface area contributed by atoms with E-state index in [2.05, 4.69) is 55.9 Å². The van der Waals surface area contributed by atoms with Crippen LogP contribution in [-0.4, -0.2) is 147 Å². The Morgan fingerprint density at radius 1 is 0.427 bits per heavy atom. The number of piperidine rings is 1. The summed E-state index contributed by atoms with van der Waals surface area (Å²) in [5.74, 6) is 7.50. The maximum Gasteiger partial charge on any atom is 0.179 e. The Labute approximate surface area is 479 Å². The first-order valence-electron chi connectivity index (χ1n) is 27.4. The van der Waals surface area contributed by atoms with Gasteiger partial charge in [-0.05, 0) is 81.2 Å². The van der Waals surface area contributed by atoms with E-state index < -0.39 is 0 Å². The van der Waals surface area contributed by atoms with E-state index in [0.717, 1.165) is 145 Å². The molecule has 5 saturated heterocycles. The molecule has 0 aromatic carbocycles. The van der Waals surface area contributed by atoms with E-state index in [1.54, 1.807) is 111 Å². The average molecular weight is 1120 g/mol. The molecule has 5 aromatic rings. The third kappa shape index (κ3) is 22.1. The van der Waals surface area contributed by atoms with E-state index in [-0.39, 0.29) is 6.10 Å². The molecule has 432 valence electrons. The Morgan fingerprint density at radius 2 is 0.841 bits per heavy atom. The van der Waals surface area contributed by atoms with Crippen molar-refractivity contribution in [2.75, 3.05) is 114 Å². The van der Waals surface area contributed by atoms with Gasteiger partial charge >= 0.3 is 0 Å². The van der Waals surface area contributed by atoms with Crippen LogP contribution in [0.2, 0.25) is 0 Å². The van der Waals surface area contributed by atoms with Crippen molar-refractivity contribution in [2.24, 2.45) is 17.8 Å². The number of ether oxygens (including phenoxy) is 5. The van der Waals surface area contributed by atoms with E-state index in [0.29, 0.717) is 79.3 Å². The molecule has 5 aromatic heterocycles. The normalized spacial score (nSPS) is 17.9. The van der Waals surface area contributed by atoms with Gasteiger partial charge < -0.3 is 76.9 Å². The van der Waals surface area contributed by atoms with Gasteiger partial charge in [0.2, 0.25) is 0 Å². The molecule has 0 spiro atoms. The monoisotopic (exact) mass is 1120 g/mol. The molecule has 25 nitrogen and oxygen atoms in total. The Balaban J connectivity index is 0.000000165. The zero-order chi connectivity index (χ0) is 58.3. The third-order valence-electron chi connectivity index (χ3n) is 13.8. The van der Waals surface area contributed by atoms with Crippen molar-refractivity contribution in [3.63, 3.8) is 0 Å². The molecule has 0 aliphatic carbocycles. The first-order chi connectivity index (χ1) is 39.9. The molecular formula is C57H74N20O5. The summed E-state index contributed by atoms with van der Waals surface area (Å²) >= 11 is 0. The van der Waals surface area contributed by atoms with Crippen molar-refractivity contribution in [2.45, 2.75) is 69.9 Å². The fourth-order valence-corrected chi connectivity index (χ4v) is 9.36. The summed E-state index contributed by atoms with van der Waals surface area (Å²) in [5.41, 5.74) is 27.7. The predicted molar refractivity (Wildman–Crippen MR) is 307 cm³/mol. The number of nitrogen functional groups attached to an aromatic ring is 5. The van der Waals surface area contributed by atoms with Crippen molar-refractivity contribution < 1.29 is 23.7 Å². The van der Waals surface area contributed by atoms with Crippen LogP contribution in [0.15, 0.2) is 91.6 Å². The Kier molecular flexibility index (Phi) is 25.2. The summed E-state index contributed by atoms with van der Waals surface area (Å²) in [4.78, 5) is 28.4. The SMILES string of the molecule is N#CN1CC(COc2ccnc(N)c2)C1.N#CN1CCC(CCOc2ccnc(N)c2)C1.N#CN1CCC(COc2ccnc(N)c2)C1.N#CN1CCC(Oc2ccnc(N)c2)CC1.N#CN1CCCC1CCCOc1ccnc(N)c1. The van der Waals surface area contributed by atoms with Crippen LogP contribution >= 0.6 is 0 Å². The molecule has 10 heterocycles. The highest BCUT2D eigenvalue weighted by atomic mass is 16.5. The lowest BCUT2D eigenvalue weighted by Crippen LogP contribution is -2.46. The number of nitriles is 5.